The average molecular weight is 168 g/mol. The molecule has 0 radical (unpaired) electrons. The highest BCUT2D eigenvalue weighted by Crippen LogP contribution is 2.71. The molecule has 0 aromatic rings. The third-order valence-electron chi connectivity index (χ3n) is 4.56. The number of ether oxygens (including phenoxy) is 1. The minimum absolute atomic E-state index is 0.213. The van der Waals surface area contributed by atoms with Gasteiger partial charge in [0.1, 0.15) is 0 Å². The summed E-state index contributed by atoms with van der Waals surface area (Å²) < 4.78 is 5.63. The summed E-state index contributed by atoms with van der Waals surface area (Å²) in [6, 6.07) is 0. The largest absolute Gasteiger partial charge is 0.378 e. The highest BCUT2D eigenvalue weighted by Gasteiger charge is 2.67. The monoisotopic (exact) mass is 168 g/mol. The quantitative estimate of drug-likeness (QED) is 0.616. The second-order valence-electron chi connectivity index (χ2n) is 5.16. The fourth-order valence-electron chi connectivity index (χ4n) is 3.25. The van der Waals surface area contributed by atoms with Gasteiger partial charge in [0.25, 0.3) is 0 Å². The molecule has 2 fully saturated rings. The number of hydrogen-bond donors (Lipinski definition) is 0. The summed E-state index contributed by atoms with van der Waals surface area (Å²) in [7, 11) is 1.87. The first-order valence-electron chi connectivity index (χ1n) is 5.10. The zero-order valence-corrected chi connectivity index (χ0v) is 8.68. The molecule has 0 N–H and O–H groups in total. The van der Waals surface area contributed by atoms with E-state index in [0.29, 0.717) is 5.41 Å². The first-order valence-corrected chi connectivity index (χ1v) is 5.10. The molecule has 0 spiro atoms. The van der Waals surface area contributed by atoms with Crippen LogP contribution in [0, 0.1) is 17.3 Å². The van der Waals surface area contributed by atoms with Crippen LogP contribution in [0.4, 0.5) is 0 Å². The maximum absolute atomic E-state index is 5.63. The number of methoxy groups -OCH3 is 1. The predicted octanol–water partition coefficient (Wildman–Crippen LogP) is 2.85. The molecule has 70 valence electrons. The van der Waals surface area contributed by atoms with Crippen molar-refractivity contribution >= 4 is 0 Å². The fourth-order valence-corrected chi connectivity index (χ4v) is 3.25. The van der Waals surface area contributed by atoms with Crippen LogP contribution in [0.3, 0.4) is 0 Å². The van der Waals surface area contributed by atoms with Gasteiger partial charge in [-0.15, -0.1) is 0 Å². The molecule has 2 aliphatic carbocycles. The minimum Gasteiger partial charge on any atom is -0.378 e. The molecule has 3 atom stereocenters. The first-order chi connectivity index (χ1) is 5.55. The van der Waals surface area contributed by atoms with Gasteiger partial charge in [0.05, 0.1) is 5.60 Å². The Morgan fingerprint density at radius 1 is 1.33 bits per heavy atom. The van der Waals surface area contributed by atoms with Crippen LogP contribution in [0.1, 0.15) is 40.0 Å². The molecule has 12 heavy (non-hydrogen) atoms. The summed E-state index contributed by atoms with van der Waals surface area (Å²) >= 11 is 0. The lowest BCUT2D eigenvalue weighted by Gasteiger charge is -2.23. The van der Waals surface area contributed by atoms with E-state index < -0.39 is 0 Å². The Kier molecular flexibility index (Phi) is 1.61. The molecule has 0 bridgehead atoms. The van der Waals surface area contributed by atoms with Gasteiger partial charge in [-0.3, -0.25) is 0 Å². The molecule has 1 nitrogen and oxygen atoms in total. The Morgan fingerprint density at radius 2 is 2.00 bits per heavy atom. The normalized spacial score (nSPS) is 51.2. The van der Waals surface area contributed by atoms with Crippen LogP contribution in [-0.4, -0.2) is 12.7 Å². The van der Waals surface area contributed by atoms with Crippen molar-refractivity contribution in [1.82, 2.24) is 0 Å². The molecule has 0 aromatic carbocycles. The second-order valence-corrected chi connectivity index (χ2v) is 5.16. The van der Waals surface area contributed by atoms with Crippen LogP contribution >= 0.6 is 0 Å². The molecule has 0 aromatic heterocycles. The van der Waals surface area contributed by atoms with E-state index in [1.807, 2.05) is 7.11 Å². The maximum Gasteiger partial charge on any atom is 0.0684 e. The summed E-state index contributed by atoms with van der Waals surface area (Å²) in [6.07, 6.45) is 4.07. The molecule has 0 aliphatic heterocycles. The van der Waals surface area contributed by atoms with E-state index in [4.69, 9.17) is 4.74 Å². The highest BCUT2D eigenvalue weighted by atomic mass is 16.5. The van der Waals surface area contributed by atoms with Gasteiger partial charge in [-0.05, 0) is 43.4 Å². The van der Waals surface area contributed by atoms with Crippen LogP contribution in [-0.2, 0) is 4.74 Å². The third-order valence-corrected chi connectivity index (χ3v) is 4.56. The summed E-state index contributed by atoms with van der Waals surface area (Å²) in [4.78, 5) is 0. The molecule has 2 saturated carbocycles. The van der Waals surface area contributed by atoms with Crippen molar-refractivity contribution in [2.75, 3.05) is 7.11 Å². The second kappa shape index (κ2) is 2.25. The number of hydrogen-bond acceptors (Lipinski definition) is 1. The standard InChI is InChI=1S/C11H20O/c1-8(2)11-6-5-10(3,12-4)9(11)7-11/h8-9H,5-7H2,1-4H3/t9-,10?,11+/m0/s1. The molecule has 0 heterocycles. The van der Waals surface area contributed by atoms with Crippen molar-refractivity contribution in [1.29, 1.82) is 0 Å². The maximum atomic E-state index is 5.63. The average Bonchev–Trinajstić information content (AvgIpc) is 2.72. The zero-order valence-electron chi connectivity index (χ0n) is 8.68. The van der Waals surface area contributed by atoms with Crippen molar-refractivity contribution in [3.8, 4) is 0 Å². The van der Waals surface area contributed by atoms with Crippen LogP contribution < -0.4 is 0 Å². The van der Waals surface area contributed by atoms with Crippen molar-refractivity contribution in [3.05, 3.63) is 0 Å². The van der Waals surface area contributed by atoms with Crippen molar-refractivity contribution < 1.29 is 4.74 Å². The van der Waals surface area contributed by atoms with E-state index in [-0.39, 0.29) is 5.60 Å². The minimum atomic E-state index is 0.213. The molecule has 0 saturated heterocycles. The first kappa shape index (κ1) is 8.55. The summed E-state index contributed by atoms with van der Waals surface area (Å²) in [5, 5.41) is 0. The Bertz CT molecular complexity index is 199. The highest BCUT2D eigenvalue weighted by molar-refractivity contribution is 5.17. The van der Waals surface area contributed by atoms with E-state index in [2.05, 4.69) is 20.8 Å². The van der Waals surface area contributed by atoms with Crippen molar-refractivity contribution in [2.24, 2.45) is 17.3 Å². The summed E-state index contributed by atoms with van der Waals surface area (Å²) in [6.45, 7) is 7.01. The fraction of sp³-hybridized carbons (Fsp3) is 1.00. The molecule has 1 heteroatoms. The molecular formula is C11H20O. The Hall–Kier alpha value is -0.0400. The smallest absolute Gasteiger partial charge is 0.0684 e. The van der Waals surface area contributed by atoms with Gasteiger partial charge in [0, 0.05) is 7.11 Å². The van der Waals surface area contributed by atoms with Gasteiger partial charge < -0.3 is 4.74 Å². The molecule has 0 amide bonds. The topological polar surface area (TPSA) is 9.23 Å². The Morgan fingerprint density at radius 3 is 2.25 bits per heavy atom. The summed E-state index contributed by atoms with van der Waals surface area (Å²) in [5.41, 5.74) is 0.884. The molecular weight excluding hydrogens is 148 g/mol. The van der Waals surface area contributed by atoms with E-state index in [1.165, 1.54) is 19.3 Å². The van der Waals surface area contributed by atoms with Crippen LogP contribution in [0.25, 0.3) is 0 Å². The lowest BCUT2D eigenvalue weighted by atomic mass is 9.90. The van der Waals surface area contributed by atoms with Gasteiger partial charge in [0.15, 0.2) is 0 Å². The van der Waals surface area contributed by atoms with Crippen LogP contribution in [0.2, 0.25) is 0 Å². The third kappa shape index (κ3) is 0.834. The van der Waals surface area contributed by atoms with Crippen molar-refractivity contribution in [2.45, 2.75) is 45.6 Å². The molecule has 2 rings (SSSR count). The Balaban J connectivity index is 2.15. The van der Waals surface area contributed by atoms with Gasteiger partial charge in [-0.25, -0.2) is 0 Å². The predicted molar refractivity (Wildman–Crippen MR) is 50.0 cm³/mol. The van der Waals surface area contributed by atoms with Crippen molar-refractivity contribution in [3.63, 3.8) is 0 Å². The van der Waals surface area contributed by atoms with Crippen LogP contribution in [0.5, 0.6) is 0 Å². The molecule has 1 unspecified atom stereocenters. The van der Waals surface area contributed by atoms with Gasteiger partial charge in [-0.2, -0.15) is 0 Å². The van der Waals surface area contributed by atoms with E-state index in [0.717, 1.165) is 11.8 Å². The van der Waals surface area contributed by atoms with Gasteiger partial charge >= 0.3 is 0 Å². The van der Waals surface area contributed by atoms with Gasteiger partial charge in [-0.1, -0.05) is 13.8 Å². The Labute approximate surface area is 75.5 Å². The number of rotatable bonds is 2. The van der Waals surface area contributed by atoms with E-state index in [9.17, 15) is 0 Å². The number of fused-ring (bicyclic) bond motifs is 1. The van der Waals surface area contributed by atoms with Crippen LogP contribution in [0.15, 0.2) is 0 Å². The van der Waals surface area contributed by atoms with E-state index >= 15 is 0 Å². The lowest BCUT2D eigenvalue weighted by molar-refractivity contribution is -0.00818. The SMILES string of the molecule is COC1(C)CC[C@]2(C(C)C)C[C@@H]12. The van der Waals surface area contributed by atoms with E-state index in [1.54, 1.807) is 0 Å². The lowest BCUT2D eigenvalue weighted by Crippen LogP contribution is -2.27. The molecule has 2 aliphatic rings. The van der Waals surface area contributed by atoms with Gasteiger partial charge in [0.2, 0.25) is 0 Å². The summed E-state index contributed by atoms with van der Waals surface area (Å²) in [5.74, 6) is 1.70. The zero-order chi connectivity index (χ0) is 8.98.